The molecule has 0 aliphatic carbocycles. The van der Waals surface area contributed by atoms with Gasteiger partial charge < -0.3 is 14.4 Å². The van der Waals surface area contributed by atoms with E-state index >= 15 is 0 Å². The van der Waals surface area contributed by atoms with Gasteiger partial charge in [0.15, 0.2) is 0 Å². The number of thioether (sulfide) groups is 1. The number of benzene rings is 3. The zero-order chi connectivity index (χ0) is 25.8. The highest BCUT2D eigenvalue weighted by molar-refractivity contribution is 7.98. The van der Waals surface area contributed by atoms with Crippen molar-refractivity contribution in [1.82, 2.24) is 4.90 Å². The summed E-state index contributed by atoms with van der Waals surface area (Å²) in [5.41, 5.74) is 2.41. The van der Waals surface area contributed by atoms with Gasteiger partial charge in [0.2, 0.25) is 0 Å². The highest BCUT2D eigenvalue weighted by atomic mass is 35.5. The number of hydrogen-bond donors (Lipinski definition) is 0. The quantitative estimate of drug-likeness (QED) is 0.229. The van der Waals surface area contributed by atoms with Gasteiger partial charge in [0, 0.05) is 41.1 Å². The van der Waals surface area contributed by atoms with Gasteiger partial charge >= 0.3 is 5.97 Å². The summed E-state index contributed by atoms with van der Waals surface area (Å²) >= 11 is 7.96. The second kappa shape index (κ2) is 11.6. The Bertz CT molecular complexity index is 1230. The van der Waals surface area contributed by atoms with Crippen LogP contribution in [-0.4, -0.2) is 41.6 Å². The number of ether oxygens (including phenoxy) is 2. The van der Waals surface area contributed by atoms with Crippen LogP contribution in [0.3, 0.4) is 0 Å². The van der Waals surface area contributed by atoms with Crippen molar-refractivity contribution in [2.75, 3.05) is 6.61 Å². The van der Waals surface area contributed by atoms with E-state index in [1.54, 1.807) is 30.8 Å². The van der Waals surface area contributed by atoms with Gasteiger partial charge in [-0.3, -0.25) is 4.79 Å². The lowest BCUT2D eigenvalue weighted by Crippen LogP contribution is -2.49. The Balaban J connectivity index is 1.17. The number of carbonyl (C=O) groups excluding carboxylic acids is 2. The van der Waals surface area contributed by atoms with Gasteiger partial charge in [0.1, 0.15) is 11.9 Å². The number of amides is 1. The molecule has 7 heteroatoms. The minimum atomic E-state index is -0.328. The van der Waals surface area contributed by atoms with Crippen LogP contribution in [0.25, 0.3) is 0 Å². The molecule has 0 N–H and O–H groups in total. The first-order valence-corrected chi connectivity index (χ1v) is 14.1. The molecule has 3 aromatic carbocycles. The van der Waals surface area contributed by atoms with E-state index in [2.05, 4.69) is 4.90 Å². The van der Waals surface area contributed by atoms with Gasteiger partial charge in [0.25, 0.3) is 5.91 Å². The van der Waals surface area contributed by atoms with E-state index < -0.39 is 0 Å². The normalized spacial score (nSPS) is 20.5. The molecule has 5 rings (SSSR count). The van der Waals surface area contributed by atoms with Crippen LogP contribution in [0, 0.1) is 0 Å². The van der Waals surface area contributed by atoms with Crippen molar-refractivity contribution in [1.29, 1.82) is 0 Å². The van der Waals surface area contributed by atoms with Crippen LogP contribution in [0.4, 0.5) is 0 Å². The van der Waals surface area contributed by atoms with Crippen molar-refractivity contribution in [3.8, 4) is 5.75 Å². The van der Waals surface area contributed by atoms with E-state index in [4.69, 9.17) is 21.1 Å². The molecule has 2 unspecified atom stereocenters. The van der Waals surface area contributed by atoms with Gasteiger partial charge in [-0.1, -0.05) is 35.9 Å². The van der Waals surface area contributed by atoms with Crippen LogP contribution >= 0.6 is 23.4 Å². The summed E-state index contributed by atoms with van der Waals surface area (Å²) in [6.07, 6.45) is 3.69. The first-order valence-electron chi connectivity index (χ1n) is 12.7. The number of halogens is 1. The summed E-state index contributed by atoms with van der Waals surface area (Å²) < 4.78 is 11.3. The number of nitrogens with zero attached hydrogens (tertiary/aromatic N) is 1. The van der Waals surface area contributed by atoms with Crippen LogP contribution in [0.2, 0.25) is 5.02 Å². The van der Waals surface area contributed by atoms with Gasteiger partial charge in [-0.05, 0) is 73.9 Å². The van der Waals surface area contributed by atoms with Crippen LogP contribution in [-0.2, 0) is 10.5 Å². The van der Waals surface area contributed by atoms with Crippen LogP contribution in [0.15, 0.2) is 77.7 Å². The summed E-state index contributed by atoms with van der Waals surface area (Å²) in [7, 11) is 0. The Morgan fingerprint density at radius 2 is 1.57 bits per heavy atom. The highest BCUT2D eigenvalue weighted by Gasteiger charge is 2.44. The molecular weight excluding hydrogens is 506 g/mol. The monoisotopic (exact) mass is 535 g/mol. The molecule has 2 heterocycles. The zero-order valence-electron chi connectivity index (χ0n) is 20.8. The van der Waals surface area contributed by atoms with Gasteiger partial charge in [-0.15, -0.1) is 11.8 Å². The number of piperidine rings is 1. The Labute approximate surface area is 227 Å². The van der Waals surface area contributed by atoms with E-state index in [9.17, 15) is 9.59 Å². The number of esters is 1. The van der Waals surface area contributed by atoms with E-state index in [0.29, 0.717) is 12.2 Å². The lowest BCUT2D eigenvalue weighted by molar-refractivity contribution is 0.0359. The van der Waals surface area contributed by atoms with Crippen molar-refractivity contribution < 1.29 is 19.1 Å². The third kappa shape index (κ3) is 5.97. The second-order valence-corrected chi connectivity index (χ2v) is 10.9. The van der Waals surface area contributed by atoms with Crippen LogP contribution < -0.4 is 4.74 Å². The fourth-order valence-corrected chi connectivity index (χ4v) is 6.44. The topological polar surface area (TPSA) is 55.8 Å². The van der Waals surface area contributed by atoms with Crippen LogP contribution in [0.1, 0.15) is 58.9 Å². The summed E-state index contributed by atoms with van der Waals surface area (Å²) in [6, 6.07) is 23.3. The molecule has 0 aromatic heterocycles. The number of hydrogen-bond acceptors (Lipinski definition) is 5. The SMILES string of the molecule is CCOC(=O)c1ccc(OC2CC3CCC(C2)N3C(=O)c2ccc(CSc3ccccc3Cl)cc2)cc1. The van der Waals surface area contributed by atoms with E-state index in [1.807, 2.05) is 60.7 Å². The van der Waals surface area contributed by atoms with Crippen molar-refractivity contribution in [3.63, 3.8) is 0 Å². The molecule has 2 saturated heterocycles. The zero-order valence-corrected chi connectivity index (χ0v) is 22.3. The number of carbonyl (C=O) groups is 2. The lowest BCUT2D eigenvalue weighted by atomic mass is 9.98. The maximum atomic E-state index is 13.4. The number of rotatable bonds is 8. The van der Waals surface area contributed by atoms with Crippen molar-refractivity contribution in [2.45, 2.75) is 61.4 Å². The largest absolute Gasteiger partial charge is 0.490 e. The molecule has 192 valence electrons. The van der Waals surface area contributed by atoms with Crippen molar-refractivity contribution >= 4 is 35.2 Å². The molecule has 0 spiro atoms. The average molecular weight is 536 g/mol. The molecular formula is C30H30ClNO4S. The minimum Gasteiger partial charge on any atom is -0.490 e. The van der Waals surface area contributed by atoms with E-state index in [-0.39, 0.29) is 30.1 Å². The molecule has 0 saturated carbocycles. The summed E-state index contributed by atoms with van der Waals surface area (Å²) in [5, 5.41) is 0.760. The molecule has 0 radical (unpaired) electrons. The second-order valence-electron chi connectivity index (χ2n) is 9.47. The maximum Gasteiger partial charge on any atom is 0.338 e. The van der Waals surface area contributed by atoms with E-state index in [0.717, 1.165) is 58.2 Å². The standard InChI is InChI=1S/C30H30ClNO4S/c1-2-35-30(34)22-11-15-25(16-12-22)36-26-17-23-13-14-24(18-26)32(23)29(33)21-9-7-20(8-10-21)19-37-28-6-4-3-5-27(28)31/h3-12,15-16,23-24,26H,2,13-14,17-19H2,1H3. The first-order chi connectivity index (χ1) is 18.0. The smallest absolute Gasteiger partial charge is 0.338 e. The Hall–Kier alpha value is -2.96. The Kier molecular flexibility index (Phi) is 8.06. The number of fused-ring (bicyclic) bond motifs is 2. The Morgan fingerprint density at radius 1 is 0.919 bits per heavy atom. The molecule has 5 nitrogen and oxygen atoms in total. The molecule has 37 heavy (non-hydrogen) atoms. The van der Waals surface area contributed by atoms with Crippen LogP contribution in [0.5, 0.6) is 5.75 Å². The van der Waals surface area contributed by atoms with Crippen molar-refractivity contribution in [2.24, 2.45) is 0 Å². The van der Waals surface area contributed by atoms with Gasteiger partial charge in [0.05, 0.1) is 17.2 Å². The predicted octanol–water partition coefficient (Wildman–Crippen LogP) is 7.02. The highest BCUT2D eigenvalue weighted by Crippen LogP contribution is 2.38. The summed E-state index contributed by atoms with van der Waals surface area (Å²) in [5.74, 6) is 1.32. The molecule has 2 aliphatic heterocycles. The molecule has 1 amide bonds. The fourth-order valence-electron chi connectivity index (χ4n) is 5.25. The molecule has 2 atom stereocenters. The van der Waals surface area contributed by atoms with E-state index in [1.165, 1.54) is 0 Å². The van der Waals surface area contributed by atoms with Crippen molar-refractivity contribution in [3.05, 3.63) is 94.5 Å². The molecule has 2 fully saturated rings. The summed E-state index contributed by atoms with van der Waals surface area (Å²) in [6.45, 7) is 2.14. The fraction of sp³-hybridized carbons (Fsp3) is 0.333. The molecule has 2 bridgehead atoms. The van der Waals surface area contributed by atoms with Gasteiger partial charge in [-0.2, -0.15) is 0 Å². The molecule has 2 aliphatic rings. The third-order valence-corrected chi connectivity index (χ3v) is 8.61. The minimum absolute atomic E-state index is 0.0548. The maximum absolute atomic E-state index is 13.4. The lowest BCUT2D eigenvalue weighted by Gasteiger charge is -2.39. The average Bonchev–Trinajstić information content (AvgIpc) is 3.18. The third-order valence-electron chi connectivity index (χ3n) is 7.02. The predicted molar refractivity (Wildman–Crippen MR) is 146 cm³/mol. The first kappa shape index (κ1) is 25.7. The Morgan fingerprint density at radius 3 is 2.22 bits per heavy atom. The molecule has 3 aromatic rings. The summed E-state index contributed by atoms with van der Waals surface area (Å²) in [4.78, 5) is 28.4. The van der Waals surface area contributed by atoms with Gasteiger partial charge in [-0.25, -0.2) is 4.79 Å².